The molecule has 1 saturated heterocycles. The van der Waals surface area contributed by atoms with E-state index in [0.29, 0.717) is 26.2 Å². The van der Waals surface area contributed by atoms with Gasteiger partial charge < -0.3 is 10.4 Å². The molecule has 1 aliphatic rings. The zero-order valence-electron chi connectivity index (χ0n) is 14.1. The Morgan fingerprint density at radius 1 is 1.28 bits per heavy atom. The topological polar surface area (TPSA) is 98.3 Å². The van der Waals surface area contributed by atoms with E-state index in [4.69, 9.17) is 0 Å². The summed E-state index contributed by atoms with van der Waals surface area (Å²) in [4.78, 5) is 26.1. The van der Waals surface area contributed by atoms with Crippen molar-refractivity contribution >= 4 is 11.9 Å². The number of aliphatic carboxylic acids is 1. The summed E-state index contributed by atoms with van der Waals surface area (Å²) in [5.41, 5.74) is 2.91. The van der Waals surface area contributed by atoms with Gasteiger partial charge in [0.2, 0.25) is 5.91 Å². The van der Waals surface area contributed by atoms with Crippen molar-refractivity contribution in [3.63, 3.8) is 0 Å². The van der Waals surface area contributed by atoms with Crippen molar-refractivity contribution in [2.45, 2.75) is 20.0 Å². The molecule has 7 nitrogen and oxygen atoms in total. The van der Waals surface area contributed by atoms with E-state index in [2.05, 4.69) is 15.5 Å². The number of aromatic amines is 1. The van der Waals surface area contributed by atoms with Gasteiger partial charge in [-0.05, 0) is 12.5 Å². The fraction of sp³-hybridized carbons (Fsp3) is 0.389. The van der Waals surface area contributed by atoms with E-state index in [1.165, 1.54) is 0 Å². The largest absolute Gasteiger partial charge is 0.481 e. The summed E-state index contributed by atoms with van der Waals surface area (Å²) in [6.45, 7) is 3.71. The van der Waals surface area contributed by atoms with Gasteiger partial charge in [-0.15, -0.1) is 0 Å². The number of carbonyl (C=O) groups is 2. The monoisotopic (exact) mass is 342 g/mol. The highest BCUT2D eigenvalue weighted by molar-refractivity contribution is 5.85. The van der Waals surface area contributed by atoms with Crippen molar-refractivity contribution in [1.82, 2.24) is 20.4 Å². The van der Waals surface area contributed by atoms with E-state index in [0.717, 1.165) is 16.8 Å². The fourth-order valence-electron chi connectivity index (χ4n) is 3.24. The number of carboxylic acids is 1. The summed E-state index contributed by atoms with van der Waals surface area (Å²) in [7, 11) is 0. The molecular formula is C18H22N4O3. The maximum absolute atomic E-state index is 12.5. The zero-order valence-corrected chi connectivity index (χ0v) is 14.1. The van der Waals surface area contributed by atoms with Gasteiger partial charge in [0.1, 0.15) is 0 Å². The first kappa shape index (κ1) is 17.2. The van der Waals surface area contributed by atoms with Crippen LogP contribution in [-0.4, -0.2) is 45.2 Å². The Morgan fingerprint density at radius 2 is 2.00 bits per heavy atom. The number of nitrogens with zero attached hydrogens (tertiary/aromatic N) is 2. The Morgan fingerprint density at radius 3 is 2.64 bits per heavy atom. The molecule has 2 aromatic rings. The number of carboxylic acid groups (broad SMARTS) is 1. The number of H-pyrrole nitrogens is 1. The van der Waals surface area contributed by atoms with E-state index in [1.807, 2.05) is 42.2 Å². The second-order valence-corrected chi connectivity index (χ2v) is 6.47. The number of aromatic nitrogens is 2. The smallest absolute Gasteiger partial charge is 0.308 e. The lowest BCUT2D eigenvalue weighted by Gasteiger charge is -2.16. The van der Waals surface area contributed by atoms with Crippen LogP contribution in [-0.2, 0) is 22.7 Å². The average Bonchev–Trinajstić information content (AvgIpc) is 3.20. The quantitative estimate of drug-likeness (QED) is 0.732. The van der Waals surface area contributed by atoms with Gasteiger partial charge in [0.05, 0.1) is 18.0 Å². The second-order valence-electron chi connectivity index (χ2n) is 6.47. The van der Waals surface area contributed by atoms with Crippen LogP contribution in [0.2, 0.25) is 0 Å². The molecular weight excluding hydrogens is 320 g/mol. The van der Waals surface area contributed by atoms with Crippen LogP contribution in [0.25, 0.3) is 0 Å². The minimum absolute atomic E-state index is 0.219. The first-order chi connectivity index (χ1) is 12.0. The van der Waals surface area contributed by atoms with E-state index >= 15 is 0 Å². The van der Waals surface area contributed by atoms with Gasteiger partial charge in [-0.3, -0.25) is 19.6 Å². The van der Waals surface area contributed by atoms with Gasteiger partial charge in [0.25, 0.3) is 0 Å². The molecule has 7 heteroatoms. The number of benzene rings is 1. The first-order valence-corrected chi connectivity index (χ1v) is 8.30. The summed E-state index contributed by atoms with van der Waals surface area (Å²) in [6, 6.07) is 9.87. The Hall–Kier alpha value is -2.67. The minimum atomic E-state index is -0.921. The molecule has 3 rings (SSSR count). The van der Waals surface area contributed by atoms with E-state index in [1.54, 1.807) is 6.20 Å². The summed E-state index contributed by atoms with van der Waals surface area (Å²) < 4.78 is 0. The average molecular weight is 342 g/mol. The lowest BCUT2D eigenvalue weighted by molar-refractivity contribution is -0.145. The first-order valence-electron chi connectivity index (χ1n) is 8.30. The highest BCUT2D eigenvalue weighted by Gasteiger charge is 2.41. The van der Waals surface area contributed by atoms with Crippen LogP contribution >= 0.6 is 0 Å². The molecule has 3 N–H and O–H groups in total. The summed E-state index contributed by atoms with van der Waals surface area (Å²) in [6.07, 6.45) is 1.67. The van der Waals surface area contributed by atoms with Gasteiger partial charge in [0.15, 0.2) is 0 Å². The summed E-state index contributed by atoms with van der Waals surface area (Å²) in [5, 5.41) is 19.1. The molecule has 2 atom stereocenters. The Balaban J connectivity index is 1.63. The number of carbonyl (C=O) groups excluding carboxylic acids is 1. The Bertz CT molecular complexity index is 744. The molecule has 1 amide bonds. The third kappa shape index (κ3) is 4.06. The molecule has 2 heterocycles. The normalized spacial score (nSPS) is 20.5. The third-order valence-corrected chi connectivity index (χ3v) is 4.69. The molecule has 1 aliphatic heterocycles. The number of aryl methyl sites for hydroxylation is 1. The van der Waals surface area contributed by atoms with Gasteiger partial charge in [-0.1, -0.05) is 30.3 Å². The highest BCUT2D eigenvalue weighted by Crippen LogP contribution is 2.25. The third-order valence-electron chi connectivity index (χ3n) is 4.69. The van der Waals surface area contributed by atoms with Crippen LogP contribution in [0.1, 0.15) is 16.8 Å². The molecule has 0 aliphatic carbocycles. The predicted octanol–water partition coefficient (Wildman–Crippen LogP) is 1.17. The number of rotatable bonds is 6. The molecule has 0 unspecified atom stereocenters. The second kappa shape index (κ2) is 7.48. The molecule has 1 aromatic carbocycles. The molecule has 0 radical (unpaired) electrons. The molecule has 0 spiro atoms. The SMILES string of the molecule is Cc1[nH]ncc1CNC(=O)[C@H]1CN(Cc2ccccc2)C[C@H]1C(=O)O. The molecule has 1 aromatic heterocycles. The van der Waals surface area contributed by atoms with Crippen LogP contribution in [0.5, 0.6) is 0 Å². The highest BCUT2D eigenvalue weighted by atomic mass is 16.4. The van der Waals surface area contributed by atoms with Gasteiger partial charge in [0, 0.05) is 37.4 Å². The molecule has 0 saturated carbocycles. The maximum atomic E-state index is 12.5. The van der Waals surface area contributed by atoms with Crippen molar-refractivity contribution < 1.29 is 14.7 Å². The standard InChI is InChI=1S/C18H22N4O3/c1-12-14(8-20-21-12)7-19-17(23)15-10-22(11-16(15)18(24)25)9-13-5-3-2-4-6-13/h2-6,8,15-16H,7,9-11H2,1H3,(H,19,23)(H,20,21)(H,24,25)/t15-,16+/m0/s1. The van der Waals surface area contributed by atoms with Gasteiger partial charge >= 0.3 is 5.97 Å². The van der Waals surface area contributed by atoms with Gasteiger partial charge in [-0.25, -0.2) is 0 Å². The molecule has 25 heavy (non-hydrogen) atoms. The Labute approximate surface area is 146 Å². The van der Waals surface area contributed by atoms with E-state index in [-0.39, 0.29) is 5.91 Å². The van der Waals surface area contributed by atoms with Crippen LogP contribution in [0.4, 0.5) is 0 Å². The van der Waals surface area contributed by atoms with Crippen LogP contribution in [0.15, 0.2) is 36.5 Å². The molecule has 132 valence electrons. The van der Waals surface area contributed by atoms with Crippen molar-refractivity contribution in [3.8, 4) is 0 Å². The predicted molar refractivity (Wildman–Crippen MR) is 91.5 cm³/mol. The molecule has 1 fully saturated rings. The van der Waals surface area contributed by atoms with Crippen molar-refractivity contribution in [3.05, 3.63) is 53.3 Å². The lowest BCUT2D eigenvalue weighted by Crippen LogP contribution is -2.37. The number of likely N-dealkylation sites (tertiary alicyclic amines) is 1. The fourth-order valence-corrected chi connectivity index (χ4v) is 3.24. The summed E-state index contributed by atoms with van der Waals surface area (Å²) in [5.74, 6) is -2.37. The molecule has 0 bridgehead atoms. The van der Waals surface area contributed by atoms with Crippen LogP contribution < -0.4 is 5.32 Å². The number of nitrogens with one attached hydrogen (secondary N) is 2. The maximum Gasteiger partial charge on any atom is 0.308 e. The van der Waals surface area contributed by atoms with Crippen molar-refractivity contribution in [2.75, 3.05) is 13.1 Å². The summed E-state index contributed by atoms with van der Waals surface area (Å²) >= 11 is 0. The zero-order chi connectivity index (χ0) is 17.8. The van der Waals surface area contributed by atoms with Crippen LogP contribution in [0.3, 0.4) is 0 Å². The number of hydrogen-bond donors (Lipinski definition) is 3. The van der Waals surface area contributed by atoms with Crippen molar-refractivity contribution in [2.24, 2.45) is 11.8 Å². The minimum Gasteiger partial charge on any atom is -0.481 e. The van der Waals surface area contributed by atoms with E-state index in [9.17, 15) is 14.7 Å². The van der Waals surface area contributed by atoms with E-state index < -0.39 is 17.8 Å². The van der Waals surface area contributed by atoms with Gasteiger partial charge in [-0.2, -0.15) is 5.10 Å². The van der Waals surface area contributed by atoms with Crippen LogP contribution in [0, 0.1) is 18.8 Å². The number of amides is 1. The Kier molecular flexibility index (Phi) is 5.14. The number of hydrogen-bond acceptors (Lipinski definition) is 4. The lowest BCUT2D eigenvalue weighted by atomic mass is 9.95. The van der Waals surface area contributed by atoms with Crippen molar-refractivity contribution in [1.29, 1.82) is 0 Å².